The van der Waals surface area contributed by atoms with E-state index in [2.05, 4.69) is 5.32 Å². The third-order valence-electron chi connectivity index (χ3n) is 3.00. The van der Waals surface area contributed by atoms with E-state index in [9.17, 15) is 9.90 Å². The van der Waals surface area contributed by atoms with Crippen LogP contribution in [0.25, 0.3) is 0 Å². The Morgan fingerprint density at radius 2 is 2.19 bits per heavy atom. The number of aliphatic hydroxyl groups is 1. The molecule has 0 aliphatic carbocycles. The van der Waals surface area contributed by atoms with E-state index < -0.39 is 6.10 Å². The number of aryl methyl sites for hydroxylation is 2. The number of carbonyl (C=O) groups is 1. The van der Waals surface area contributed by atoms with Gasteiger partial charge in [0.2, 0.25) is 0 Å². The Morgan fingerprint density at radius 3 is 2.86 bits per heavy atom. The predicted molar refractivity (Wildman–Crippen MR) is 78.5 cm³/mol. The lowest BCUT2D eigenvalue weighted by molar-refractivity contribution is 0.0821. The zero-order valence-corrected chi connectivity index (χ0v) is 12.1. The summed E-state index contributed by atoms with van der Waals surface area (Å²) in [6.07, 6.45) is 0.673. The van der Waals surface area contributed by atoms with Gasteiger partial charge in [-0.25, -0.2) is 0 Å². The molecule has 5 heteroatoms. The van der Waals surface area contributed by atoms with Gasteiger partial charge in [0.1, 0.15) is 18.5 Å². The molecule has 0 bridgehead atoms. The van der Waals surface area contributed by atoms with E-state index in [1.807, 2.05) is 31.2 Å². The molecule has 112 valence electrons. The maximum absolute atomic E-state index is 11.8. The SMILES string of the molecule is Cc1cccc(OCC(O)CNC(=O)c2occc2C)c1. The normalized spacial score (nSPS) is 12.0. The first-order chi connectivity index (χ1) is 10.1. The van der Waals surface area contributed by atoms with Crippen molar-refractivity contribution in [2.45, 2.75) is 20.0 Å². The molecule has 0 aliphatic heterocycles. The zero-order chi connectivity index (χ0) is 15.2. The maximum Gasteiger partial charge on any atom is 0.287 e. The summed E-state index contributed by atoms with van der Waals surface area (Å²) in [6, 6.07) is 9.28. The van der Waals surface area contributed by atoms with E-state index in [4.69, 9.17) is 9.15 Å². The van der Waals surface area contributed by atoms with E-state index in [1.54, 1.807) is 13.0 Å². The summed E-state index contributed by atoms with van der Waals surface area (Å²) in [4.78, 5) is 11.8. The largest absolute Gasteiger partial charge is 0.491 e. The summed E-state index contributed by atoms with van der Waals surface area (Å²) in [5.74, 6) is 0.621. The first-order valence-electron chi connectivity index (χ1n) is 6.76. The Morgan fingerprint density at radius 1 is 1.38 bits per heavy atom. The lowest BCUT2D eigenvalue weighted by Crippen LogP contribution is -2.35. The van der Waals surface area contributed by atoms with Gasteiger partial charge in [0.05, 0.1) is 6.26 Å². The molecule has 0 radical (unpaired) electrons. The van der Waals surface area contributed by atoms with Gasteiger partial charge in [-0.1, -0.05) is 12.1 Å². The molecular weight excluding hydrogens is 270 g/mol. The van der Waals surface area contributed by atoms with Gasteiger partial charge in [-0.2, -0.15) is 0 Å². The van der Waals surface area contributed by atoms with Crippen molar-refractivity contribution in [2.75, 3.05) is 13.2 Å². The molecule has 0 aliphatic rings. The van der Waals surface area contributed by atoms with Crippen molar-refractivity contribution in [2.24, 2.45) is 0 Å². The molecule has 1 unspecified atom stereocenters. The minimum Gasteiger partial charge on any atom is -0.491 e. The van der Waals surface area contributed by atoms with Crippen LogP contribution in [-0.4, -0.2) is 30.3 Å². The van der Waals surface area contributed by atoms with Crippen LogP contribution in [0.1, 0.15) is 21.7 Å². The molecule has 0 spiro atoms. The number of benzene rings is 1. The summed E-state index contributed by atoms with van der Waals surface area (Å²) in [6.45, 7) is 3.97. The van der Waals surface area contributed by atoms with Gasteiger partial charge in [0.15, 0.2) is 5.76 Å². The maximum atomic E-state index is 11.8. The fraction of sp³-hybridized carbons (Fsp3) is 0.312. The molecule has 0 saturated heterocycles. The van der Waals surface area contributed by atoms with Gasteiger partial charge in [-0.05, 0) is 37.6 Å². The average molecular weight is 289 g/mol. The summed E-state index contributed by atoms with van der Waals surface area (Å²) < 4.78 is 10.5. The van der Waals surface area contributed by atoms with E-state index in [0.29, 0.717) is 5.75 Å². The molecule has 2 aromatic rings. The Kier molecular flexibility index (Phi) is 5.00. The van der Waals surface area contributed by atoms with Crippen LogP contribution in [0.5, 0.6) is 5.75 Å². The fourth-order valence-corrected chi connectivity index (χ4v) is 1.85. The molecule has 1 amide bonds. The summed E-state index contributed by atoms with van der Waals surface area (Å²) in [5, 5.41) is 12.4. The van der Waals surface area contributed by atoms with Gasteiger partial charge >= 0.3 is 0 Å². The third kappa shape index (κ3) is 4.36. The number of amides is 1. The average Bonchev–Trinajstić information content (AvgIpc) is 2.89. The van der Waals surface area contributed by atoms with Gasteiger partial charge in [-0.3, -0.25) is 4.79 Å². The monoisotopic (exact) mass is 289 g/mol. The quantitative estimate of drug-likeness (QED) is 0.854. The molecule has 2 N–H and O–H groups in total. The summed E-state index contributed by atoms with van der Waals surface area (Å²) in [5.41, 5.74) is 1.85. The van der Waals surface area contributed by atoms with Crippen molar-refractivity contribution in [1.82, 2.24) is 5.32 Å². The van der Waals surface area contributed by atoms with Crippen LogP contribution in [-0.2, 0) is 0 Å². The number of aliphatic hydroxyl groups excluding tert-OH is 1. The Labute approximate surface area is 123 Å². The number of ether oxygens (including phenoxy) is 1. The highest BCUT2D eigenvalue weighted by Gasteiger charge is 2.14. The van der Waals surface area contributed by atoms with Gasteiger partial charge < -0.3 is 19.6 Å². The van der Waals surface area contributed by atoms with Crippen LogP contribution in [0.3, 0.4) is 0 Å². The smallest absolute Gasteiger partial charge is 0.287 e. The predicted octanol–water partition coefficient (Wildman–Crippen LogP) is 2.07. The second kappa shape index (κ2) is 6.95. The van der Waals surface area contributed by atoms with Crippen LogP contribution in [0, 0.1) is 13.8 Å². The Balaban J connectivity index is 1.76. The molecule has 5 nitrogen and oxygen atoms in total. The highest BCUT2D eigenvalue weighted by atomic mass is 16.5. The van der Waals surface area contributed by atoms with E-state index in [0.717, 1.165) is 11.1 Å². The van der Waals surface area contributed by atoms with Gasteiger partial charge in [0, 0.05) is 12.1 Å². The number of nitrogens with one attached hydrogen (secondary N) is 1. The number of furan rings is 1. The van der Waals surface area contributed by atoms with Crippen molar-refractivity contribution in [1.29, 1.82) is 0 Å². The van der Waals surface area contributed by atoms with Crippen molar-refractivity contribution in [3.63, 3.8) is 0 Å². The molecule has 0 fully saturated rings. The number of rotatable bonds is 6. The third-order valence-corrected chi connectivity index (χ3v) is 3.00. The molecular formula is C16H19NO4. The van der Waals surface area contributed by atoms with E-state index in [-0.39, 0.29) is 24.8 Å². The van der Waals surface area contributed by atoms with Gasteiger partial charge in [0.25, 0.3) is 5.91 Å². The Bertz CT molecular complexity index is 606. The lowest BCUT2D eigenvalue weighted by atomic mass is 10.2. The summed E-state index contributed by atoms with van der Waals surface area (Å²) >= 11 is 0. The number of hydrogen-bond acceptors (Lipinski definition) is 4. The molecule has 1 atom stereocenters. The molecule has 1 heterocycles. The first kappa shape index (κ1) is 15.1. The second-order valence-electron chi connectivity index (χ2n) is 4.92. The standard InChI is InChI=1S/C16H19NO4/c1-11-4-3-5-14(8-11)21-10-13(18)9-17-16(19)15-12(2)6-7-20-15/h3-8,13,18H,9-10H2,1-2H3,(H,17,19). The Hall–Kier alpha value is -2.27. The first-order valence-corrected chi connectivity index (χ1v) is 6.76. The molecule has 0 saturated carbocycles. The fourth-order valence-electron chi connectivity index (χ4n) is 1.85. The second-order valence-corrected chi connectivity index (χ2v) is 4.92. The topological polar surface area (TPSA) is 71.7 Å². The molecule has 21 heavy (non-hydrogen) atoms. The molecule has 1 aromatic heterocycles. The summed E-state index contributed by atoms with van der Waals surface area (Å²) in [7, 11) is 0. The van der Waals surface area contributed by atoms with Crippen LogP contribution >= 0.6 is 0 Å². The minimum atomic E-state index is -0.787. The van der Waals surface area contributed by atoms with Gasteiger partial charge in [-0.15, -0.1) is 0 Å². The van der Waals surface area contributed by atoms with Crippen molar-refractivity contribution in [3.8, 4) is 5.75 Å². The van der Waals surface area contributed by atoms with Crippen molar-refractivity contribution < 1.29 is 19.1 Å². The van der Waals surface area contributed by atoms with Crippen LogP contribution < -0.4 is 10.1 Å². The molecule has 1 aromatic carbocycles. The van der Waals surface area contributed by atoms with Crippen LogP contribution in [0.2, 0.25) is 0 Å². The van der Waals surface area contributed by atoms with Crippen LogP contribution in [0.15, 0.2) is 41.0 Å². The van der Waals surface area contributed by atoms with Crippen molar-refractivity contribution >= 4 is 5.91 Å². The minimum absolute atomic E-state index is 0.102. The molecule has 2 rings (SSSR count). The number of hydrogen-bond donors (Lipinski definition) is 2. The lowest BCUT2D eigenvalue weighted by Gasteiger charge is -2.13. The van der Waals surface area contributed by atoms with Crippen LogP contribution in [0.4, 0.5) is 0 Å². The highest BCUT2D eigenvalue weighted by molar-refractivity contribution is 5.92. The van der Waals surface area contributed by atoms with E-state index >= 15 is 0 Å². The highest BCUT2D eigenvalue weighted by Crippen LogP contribution is 2.12. The van der Waals surface area contributed by atoms with Crippen molar-refractivity contribution in [3.05, 3.63) is 53.5 Å². The number of carbonyl (C=O) groups excluding carboxylic acids is 1. The zero-order valence-electron chi connectivity index (χ0n) is 12.1. The van der Waals surface area contributed by atoms with E-state index in [1.165, 1.54) is 6.26 Å².